The normalized spacial score (nSPS) is 44.2. The third kappa shape index (κ3) is 3.49. The Labute approximate surface area is 179 Å². The second-order valence-electron chi connectivity index (χ2n) is 12.0. The fourth-order valence-electron chi connectivity index (χ4n) is 8.17. The van der Waals surface area contributed by atoms with Crippen molar-refractivity contribution >= 4 is 5.78 Å². The summed E-state index contributed by atoms with van der Waals surface area (Å²) in [7, 11) is 0. The van der Waals surface area contributed by atoms with Crippen LogP contribution >= 0.6 is 0 Å². The maximum Gasteiger partial charge on any atom is 0.155 e. The van der Waals surface area contributed by atoms with E-state index in [0.717, 1.165) is 42.4 Å². The highest BCUT2D eigenvalue weighted by Gasteiger charge is 2.59. The number of hydrogen-bond acceptors (Lipinski definition) is 1. The van der Waals surface area contributed by atoms with Crippen LogP contribution in [0.25, 0.3) is 0 Å². The van der Waals surface area contributed by atoms with Crippen LogP contribution in [0.2, 0.25) is 0 Å². The van der Waals surface area contributed by atoms with Gasteiger partial charge < -0.3 is 0 Å². The quantitative estimate of drug-likeness (QED) is 0.447. The molecule has 4 aliphatic carbocycles. The lowest BCUT2D eigenvalue weighted by Crippen LogP contribution is -2.50. The monoisotopic (exact) mass is 396 g/mol. The molecule has 0 radical (unpaired) electrons. The molecule has 3 fully saturated rings. The zero-order valence-corrected chi connectivity index (χ0v) is 19.8. The van der Waals surface area contributed by atoms with Crippen molar-refractivity contribution in [2.24, 2.45) is 52.3 Å². The maximum absolute atomic E-state index is 12.0. The highest BCUT2D eigenvalue weighted by Crippen LogP contribution is 2.67. The number of ketones is 1. The van der Waals surface area contributed by atoms with E-state index in [2.05, 4.69) is 53.7 Å². The zero-order chi connectivity index (χ0) is 21.0. The van der Waals surface area contributed by atoms with Gasteiger partial charge in [0, 0.05) is 6.42 Å². The van der Waals surface area contributed by atoms with E-state index < -0.39 is 0 Å². The largest absolute Gasteiger partial charge is 0.295 e. The molecule has 8 atom stereocenters. The molecular weight excluding hydrogens is 352 g/mol. The van der Waals surface area contributed by atoms with Gasteiger partial charge in [-0.2, -0.15) is 0 Å². The van der Waals surface area contributed by atoms with Crippen LogP contribution in [0.15, 0.2) is 23.8 Å². The summed E-state index contributed by atoms with van der Waals surface area (Å²) in [5.41, 5.74) is 2.34. The fraction of sp³-hybridized carbons (Fsp3) is 0.821. The fourth-order valence-corrected chi connectivity index (χ4v) is 8.17. The Hall–Kier alpha value is -0.850. The van der Waals surface area contributed by atoms with Crippen molar-refractivity contribution in [3.8, 4) is 0 Å². The number of rotatable bonds is 4. The minimum atomic E-state index is 0.314. The van der Waals surface area contributed by atoms with Crippen LogP contribution in [0.5, 0.6) is 0 Å². The standard InChI is InChI=1S/C28H44O/c1-18(2)19(3)7-8-20(4)24-11-12-25-23-10-9-21-17-22(29)13-15-27(21,5)26(23)14-16-28(24,25)6/h7-8,17-20,23-26H,9-16H2,1-6H3/b8-7+/t19-,20+,23?,24?,25?,26?,27+,28?/m0/s1. The molecule has 162 valence electrons. The number of hydrogen-bond donors (Lipinski definition) is 0. The van der Waals surface area contributed by atoms with Gasteiger partial charge in [-0.25, -0.2) is 0 Å². The molecule has 0 N–H and O–H groups in total. The number of carbonyl (C=O) groups excluding carboxylic acids is 1. The minimum absolute atomic E-state index is 0.314. The summed E-state index contributed by atoms with van der Waals surface area (Å²) in [6.45, 7) is 14.7. The van der Waals surface area contributed by atoms with Gasteiger partial charge in [0.25, 0.3) is 0 Å². The molecule has 0 saturated heterocycles. The summed E-state index contributed by atoms with van der Waals surface area (Å²) in [5.74, 6) is 5.95. The summed E-state index contributed by atoms with van der Waals surface area (Å²) < 4.78 is 0. The van der Waals surface area contributed by atoms with E-state index in [0.29, 0.717) is 28.4 Å². The van der Waals surface area contributed by atoms with Crippen molar-refractivity contribution < 1.29 is 4.79 Å². The summed E-state index contributed by atoms with van der Waals surface area (Å²) in [6, 6.07) is 0. The molecule has 4 rings (SSSR count). The third-order valence-electron chi connectivity index (χ3n) is 10.4. The van der Waals surface area contributed by atoms with Gasteiger partial charge in [-0.05, 0) is 103 Å². The first-order valence-electron chi connectivity index (χ1n) is 12.6. The molecule has 4 aliphatic rings. The SMILES string of the molecule is CC(C)[C@@H](C)/C=C/[C@@H](C)C1CCC2C3CCC4=CC(=O)CC[C@@]4(C)C3CCC21C. The predicted molar refractivity (Wildman–Crippen MR) is 123 cm³/mol. The lowest BCUT2D eigenvalue weighted by Gasteiger charge is -2.58. The molecule has 3 saturated carbocycles. The van der Waals surface area contributed by atoms with Crippen molar-refractivity contribution in [2.45, 2.75) is 92.9 Å². The van der Waals surface area contributed by atoms with Crippen molar-refractivity contribution in [3.05, 3.63) is 23.8 Å². The van der Waals surface area contributed by atoms with E-state index >= 15 is 0 Å². The van der Waals surface area contributed by atoms with Gasteiger partial charge in [-0.1, -0.05) is 59.3 Å². The van der Waals surface area contributed by atoms with Crippen LogP contribution in [0.3, 0.4) is 0 Å². The molecule has 0 bridgehead atoms. The predicted octanol–water partition coefficient (Wildman–Crippen LogP) is 7.62. The topological polar surface area (TPSA) is 17.1 Å². The average Bonchev–Trinajstić information content (AvgIpc) is 3.03. The summed E-state index contributed by atoms with van der Waals surface area (Å²) in [5, 5.41) is 0. The second-order valence-corrected chi connectivity index (χ2v) is 12.0. The Morgan fingerprint density at radius 1 is 0.931 bits per heavy atom. The van der Waals surface area contributed by atoms with E-state index in [1.165, 1.54) is 44.1 Å². The smallest absolute Gasteiger partial charge is 0.155 e. The van der Waals surface area contributed by atoms with Crippen molar-refractivity contribution in [1.82, 2.24) is 0 Å². The van der Waals surface area contributed by atoms with Crippen LogP contribution in [0.1, 0.15) is 92.9 Å². The van der Waals surface area contributed by atoms with Gasteiger partial charge in [-0.15, -0.1) is 0 Å². The van der Waals surface area contributed by atoms with Crippen LogP contribution in [-0.4, -0.2) is 5.78 Å². The van der Waals surface area contributed by atoms with Crippen molar-refractivity contribution in [1.29, 1.82) is 0 Å². The maximum atomic E-state index is 12.0. The lowest BCUT2D eigenvalue weighted by atomic mass is 9.46. The van der Waals surface area contributed by atoms with Gasteiger partial charge in [0.2, 0.25) is 0 Å². The number of carbonyl (C=O) groups is 1. The van der Waals surface area contributed by atoms with E-state index in [1.54, 1.807) is 0 Å². The molecule has 5 unspecified atom stereocenters. The lowest BCUT2D eigenvalue weighted by molar-refractivity contribution is -0.117. The van der Waals surface area contributed by atoms with Gasteiger partial charge in [0.1, 0.15) is 0 Å². The second kappa shape index (κ2) is 7.69. The van der Waals surface area contributed by atoms with Crippen LogP contribution in [0, 0.1) is 52.3 Å². The summed E-state index contributed by atoms with van der Waals surface area (Å²) >= 11 is 0. The van der Waals surface area contributed by atoms with Crippen molar-refractivity contribution in [3.63, 3.8) is 0 Å². The molecule has 1 nitrogen and oxygen atoms in total. The van der Waals surface area contributed by atoms with Gasteiger partial charge in [0.15, 0.2) is 5.78 Å². The molecular formula is C28H44O. The first kappa shape index (κ1) is 21.4. The van der Waals surface area contributed by atoms with E-state index in [1.807, 2.05) is 6.08 Å². The van der Waals surface area contributed by atoms with Gasteiger partial charge in [-0.3, -0.25) is 4.79 Å². The Bertz CT molecular complexity index is 699. The molecule has 0 aromatic rings. The van der Waals surface area contributed by atoms with Crippen LogP contribution < -0.4 is 0 Å². The molecule has 1 heteroatoms. The molecule has 0 aromatic heterocycles. The Morgan fingerprint density at radius 2 is 1.69 bits per heavy atom. The first-order chi connectivity index (χ1) is 13.7. The molecule has 29 heavy (non-hydrogen) atoms. The molecule has 0 spiro atoms. The van der Waals surface area contributed by atoms with E-state index in [-0.39, 0.29) is 0 Å². The molecule has 0 amide bonds. The minimum Gasteiger partial charge on any atom is -0.295 e. The summed E-state index contributed by atoms with van der Waals surface area (Å²) in [6.07, 6.45) is 17.2. The number of fused-ring (bicyclic) bond motifs is 5. The van der Waals surface area contributed by atoms with Crippen LogP contribution in [-0.2, 0) is 4.79 Å². The molecule has 0 heterocycles. The van der Waals surface area contributed by atoms with E-state index in [9.17, 15) is 4.79 Å². The Morgan fingerprint density at radius 3 is 2.41 bits per heavy atom. The Balaban J connectivity index is 1.53. The highest BCUT2D eigenvalue weighted by molar-refractivity contribution is 5.91. The number of allylic oxidation sites excluding steroid dienone is 3. The van der Waals surface area contributed by atoms with E-state index in [4.69, 9.17) is 0 Å². The van der Waals surface area contributed by atoms with Gasteiger partial charge >= 0.3 is 0 Å². The first-order valence-corrected chi connectivity index (χ1v) is 12.6. The third-order valence-corrected chi connectivity index (χ3v) is 10.4. The Kier molecular flexibility index (Phi) is 5.67. The molecule has 0 aliphatic heterocycles. The highest BCUT2D eigenvalue weighted by atomic mass is 16.1. The molecule has 0 aromatic carbocycles. The average molecular weight is 397 g/mol. The van der Waals surface area contributed by atoms with Crippen LogP contribution in [0.4, 0.5) is 0 Å². The van der Waals surface area contributed by atoms with Crippen molar-refractivity contribution in [2.75, 3.05) is 0 Å². The van der Waals surface area contributed by atoms with Gasteiger partial charge in [0.05, 0.1) is 0 Å². The summed E-state index contributed by atoms with van der Waals surface area (Å²) in [4.78, 5) is 12.0. The zero-order valence-electron chi connectivity index (χ0n) is 19.8.